The highest BCUT2D eigenvalue weighted by Gasteiger charge is 2.46. The summed E-state index contributed by atoms with van der Waals surface area (Å²) in [7, 11) is 0. The van der Waals surface area contributed by atoms with Crippen molar-refractivity contribution in [2.45, 2.75) is 56.8 Å². The third kappa shape index (κ3) is 4.35. The number of amides is 1. The number of benzene rings is 2. The van der Waals surface area contributed by atoms with Crippen molar-refractivity contribution in [1.82, 2.24) is 9.88 Å². The Morgan fingerprint density at radius 2 is 1.85 bits per heavy atom. The van der Waals surface area contributed by atoms with E-state index in [2.05, 4.69) is 15.2 Å². The molecule has 7 heteroatoms. The number of aliphatic hydroxyl groups is 1. The third-order valence-electron chi connectivity index (χ3n) is 7.27. The number of carbonyl (C=O) groups is 1. The van der Waals surface area contributed by atoms with Gasteiger partial charge in [-0.3, -0.25) is 14.7 Å². The van der Waals surface area contributed by atoms with Gasteiger partial charge < -0.3 is 10.4 Å². The van der Waals surface area contributed by atoms with Crippen LogP contribution in [0, 0.1) is 11.7 Å². The maximum absolute atomic E-state index is 13.9. The van der Waals surface area contributed by atoms with E-state index in [1.807, 2.05) is 6.92 Å². The van der Waals surface area contributed by atoms with Gasteiger partial charge in [0.15, 0.2) is 0 Å². The topological polar surface area (TPSA) is 65.5 Å². The van der Waals surface area contributed by atoms with Gasteiger partial charge in [-0.2, -0.15) is 0 Å². The molecule has 2 saturated heterocycles. The number of piperidine rings is 1. The van der Waals surface area contributed by atoms with Crippen molar-refractivity contribution in [3.63, 3.8) is 0 Å². The minimum atomic E-state index is -0.694. The van der Waals surface area contributed by atoms with E-state index in [0.717, 1.165) is 36.9 Å². The molecule has 33 heavy (non-hydrogen) atoms. The minimum Gasteiger partial charge on any atom is -0.388 e. The molecule has 1 aromatic heterocycles. The van der Waals surface area contributed by atoms with Crippen LogP contribution in [0.15, 0.2) is 54.7 Å². The van der Waals surface area contributed by atoms with E-state index >= 15 is 0 Å². The Morgan fingerprint density at radius 3 is 2.55 bits per heavy atom. The Balaban J connectivity index is 1.31. The van der Waals surface area contributed by atoms with Gasteiger partial charge in [-0.25, -0.2) is 4.39 Å². The van der Waals surface area contributed by atoms with Crippen LogP contribution in [0.4, 0.5) is 10.1 Å². The Bertz CT molecular complexity index is 1160. The zero-order chi connectivity index (χ0) is 23.1. The number of carbonyl (C=O) groups excluding carboxylic acids is 1. The van der Waals surface area contributed by atoms with Gasteiger partial charge in [0, 0.05) is 34.4 Å². The van der Waals surface area contributed by atoms with Crippen LogP contribution in [-0.2, 0) is 4.79 Å². The van der Waals surface area contributed by atoms with Crippen LogP contribution in [0.1, 0.15) is 44.3 Å². The Morgan fingerprint density at radius 1 is 1.15 bits per heavy atom. The zero-order valence-electron chi connectivity index (χ0n) is 18.4. The van der Waals surface area contributed by atoms with E-state index in [-0.39, 0.29) is 35.8 Å². The summed E-state index contributed by atoms with van der Waals surface area (Å²) in [4.78, 5) is 19.6. The molecule has 3 heterocycles. The summed E-state index contributed by atoms with van der Waals surface area (Å²) in [5.74, 6) is -0.317. The fourth-order valence-corrected chi connectivity index (χ4v) is 5.84. The molecule has 4 atom stereocenters. The first kappa shape index (κ1) is 22.3. The van der Waals surface area contributed by atoms with Crippen molar-refractivity contribution >= 4 is 34.1 Å². The highest BCUT2D eigenvalue weighted by Crippen LogP contribution is 2.45. The fourth-order valence-electron chi connectivity index (χ4n) is 5.71. The summed E-state index contributed by atoms with van der Waals surface area (Å²) in [6, 6.07) is 13.6. The molecule has 5 rings (SSSR count). The van der Waals surface area contributed by atoms with Gasteiger partial charge in [0.2, 0.25) is 5.91 Å². The maximum atomic E-state index is 13.9. The number of halogens is 2. The number of nitrogens with one attached hydrogen (secondary N) is 1. The van der Waals surface area contributed by atoms with Gasteiger partial charge in [0.25, 0.3) is 0 Å². The molecular weight excluding hydrogens is 441 g/mol. The van der Waals surface area contributed by atoms with Gasteiger partial charge in [-0.1, -0.05) is 11.6 Å². The van der Waals surface area contributed by atoms with E-state index in [1.165, 1.54) is 12.1 Å². The molecule has 2 fully saturated rings. The normalized spacial score (nSPS) is 24.5. The number of anilines is 1. The number of nitrogens with zero attached hydrogens (tertiary/aromatic N) is 2. The number of fused-ring (bicyclic) bond motifs is 3. The molecule has 172 valence electrons. The Labute approximate surface area is 197 Å². The van der Waals surface area contributed by atoms with Crippen LogP contribution in [0.25, 0.3) is 10.9 Å². The maximum Gasteiger partial charge on any atom is 0.241 e. The first-order valence-corrected chi connectivity index (χ1v) is 11.8. The van der Waals surface area contributed by atoms with Crippen molar-refractivity contribution in [3.05, 3.63) is 71.1 Å². The van der Waals surface area contributed by atoms with Gasteiger partial charge in [0.1, 0.15) is 5.82 Å². The summed E-state index contributed by atoms with van der Waals surface area (Å²) >= 11 is 5.94. The molecule has 3 aromatic rings. The molecule has 0 saturated carbocycles. The summed E-state index contributed by atoms with van der Waals surface area (Å²) < 4.78 is 13.9. The summed E-state index contributed by atoms with van der Waals surface area (Å²) in [5.41, 5.74) is 2.14. The molecule has 0 spiro atoms. The quantitative estimate of drug-likeness (QED) is 0.532. The molecule has 0 aliphatic carbocycles. The molecule has 4 unspecified atom stereocenters. The first-order chi connectivity index (χ1) is 15.9. The molecule has 1 amide bonds. The smallest absolute Gasteiger partial charge is 0.241 e. The first-order valence-electron chi connectivity index (χ1n) is 11.5. The lowest BCUT2D eigenvalue weighted by Crippen LogP contribution is -2.52. The van der Waals surface area contributed by atoms with E-state index in [4.69, 9.17) is 11.6 Å². The molecule has 2 N–H and O–H groups in total. The number of rotatable bonds is 5. The summed E-state index contributed by atoms with van der Waals surface area (Å²) in [5, 5.41) is 15.6. The van der Waals surface area contributed by atoms with Crippen LogP contribution < -0.4 is 5.32 Å². The number of aliphatic hydroxyl groups excluding tert-OH is 1. The van der Waals surface area contributed by atoms with Crippen molar-refractivity contribution in [1.29, 1.82) is 0 Å². The number of hydrogen-bond donors (Lipinski definition) is 2. The number of pyridine rings is 1. The molecule has 2 aliphatic heterocycles. The highest BCUT2D eigenvalue weighted by atomic mass is 35.5. The average Bonchev–Trinajstić information content (AvgIpc) is 3.07. The van der Waals surface area contributed by atoms with Crippen LogP contribution in [-0.4, -0.2) is 39.0 Å². The largest absolute Gasteiger partial charge is 0.388 e. The Hall–Kier alpha value is -2.54. The Kier molecular flexibility index (Phi) is 6.08. The number of aromatic nitrogens is 1. The van der Waals surface area contributed by atoms with Crippen molar-refractivity contribution < 1.29 is 14.3 Å². The van der Waals surface area contributed by atoms with Crippen molar-refractivity contribution in [2.75, 3.05) is 5.32 Å². The SMILES string of the molecule is CC(C(=O)Nc1ccc(Cl)cc1)N1C2CCC1CC(C(O)c1ccnc3ccc(F)cc13)C2. The second kappa shape index (κ2) is 9.01. The predicted octanol–water partition coefficient (Wildman–Crippen LogP) is 5.33. The lowest BCUT2D eigenvalue weighted by Gasteiger charge is -2.43. The van der Waals surface area contributed by atoms with E-state index < -0.39 is 6.10 Å². The molecule has 0 radical (unpaired) electrons. The zero-order valence-corrected chi connectivity index (χ0v) is 19.2. The minimum absolute atomic E-state index is 0.0381. The molecule has 2 bridgehead atoms. The number of hydrogen-bond acceptors (Lipinski definition) is 4. The van der Waals surface area contributed by atoms with Gasteiger partial charge >= 0.3 is 0 Å². The fraction of sp³-hybridized carbons (Fsp3) is 0.385. The lowest BCUT2D eigenvalue weighted by atomic mass is 9.82. The van der Waals surface area contributed by atoms with Crippen molar-refractivity contribution in [3.8, 4) is 0 Å². The van der Waals surface area contributed by atoms with Gasteiger partial charge in [0.05, 0.1) is 17.7 Å². The molecule has 5 nitrogen and oxygen atoms in total. The standard InChI is InChI=1S/C26H27ClFN3O2/c1-15(26(33)30-19-5-2-17(27)3-6-19)31-20-7-8-21(31)13-16(12-20)25(32)22-10-11-29-24-9-4-18(28)14-23(22)24/h2-6,9-11,14-16,20-21,25,32H,7-8,12-13H2,1H3,(H,30,33). The summed E-state index contributed by atoms with van der Waals surface area (Å²) in [6.07, 6.45) is 4.60. The van der Waals surface area contributed by atoms with Crippen molar-refractivity contribution in [2.24, 2.45) is 5.92 Å². The van der Waals surface area contributed by atoms with E-state index in [0.29, 0.717) is 15.9 Å². The highest BCUT2D eigenvalue weighted by molar-refractivity contribution is 6.30. The van der Waals surface area contributed by atoms with Crippen LogP contribution >= 0.6 is 11.6 Å². The third-order valence-corrected chi connectivity index (χ3v) is 7.52. The van der Waals surface area contributed by atoms with E-state index in [9.17, 15) is 14.3 Å². The predicted molar refractivity (Wildman–Crippen MR) is 128 cm³/mol. The second-order valence-electron chi connectivity index (χ2n) is 9.24. The monoisotopic (exact) mass is 467 g/mol. The molecule has 2 aliphatic rings. The van der Waals surface area contributed by atoms with Crippen LogP contribution in [0.2, 0.25) is 5.02 Å². The molecular formula is C26H27ClFN3O2. The van der Waals surface area contributed by atoms with Gasteiger partial charge in [-0.15, -0.1) is 0 Å². The second-order valence-corrected chi connectivity index (χ2v) is 9.68. The molecule has 2 aromatic carbocycles. The lowest BCUT2D eigenvalue weighted by molar-refractivity contribution is -0.123. The average molecular weight is 468 g/mol. The van der Waals surface area contributed by atoms with E-state index in [1.54, 1.807) is 42.6 Å². The van der Waals surface area contributed by atoms with Gasteiger partial charge in [-0.05, 0) is 92.6 Å². The van der Waals surface area contributed by atoms with Crippen LogP contribution in [0.3, 0.4) is 0 Å². The summed E-state index contributed by atoms with van der Waals surface area (Å²) in [6.45, 7) is 1.95. The van der Waals surface area contributed by atoms with Crippen LogP contribution in [0.5, 0.6) is 0 Å².